The predicted octanol–water partition coefficient (Wildman–Crippen LogP) is 4.40. The van der Waals surface area contributed by atoms with E-state index in [1.807, 2.05) is 0 Å². The van der Waals surface area contributed by atoms with Crippen LogP contribution in [-0.2, 0) is 0 Å². The molecule has 100 valence electrons. The molecular formula is C15H9F3N2. The van der Waals surface area contributed by atoms with Gasteiger partial charge in [0.05, 0.1) is 5.69 Å². The normalized spacial score (nSPS) is 10.8. The van der Waals surface area contributed by atoms with E-state index < -0.39 is 17.5 Å². The Morgan fingerprint density at radius 1 is 0.850 bits per heavy atom. The maximum atomic E-state index is 13.6. The monoisotopic (exact) mass is 274 g/mol. The Bertz CT molecular complexity index is 787. The number of aromatic nitrogens is 1. The molecule has 5 heteroatoms. The van der Waals surface area contributed by atoms with Crippen LogP contribution in [0.25, 0.3) is 10.9 Å². The van der Waals surface area contributed by atoms with E-state index in [0.29, 0.717) is 11.1 Å². The number of hydrogen-bond donors (Lipinski definition) is 1. The van der Waals surface area contributed by atoms with E-state index >= 15 is 0 Å². The van der Waals surface area contributed by atoms with Crippen molar-refractivity contribution in [1.29, 1.82) is 0 Å². The highest BCUT2D eigenvalue weighted by molar-refractivity contribution is 5.93. The van der Waals surface area contributed by atoms with Crippen LogP contribution in [0.4, 0.5) is 24.5 Å². The Balaban J connectivity index is 2.09. The summed E-state index contributed by atoms with van der Waals surface area (Å²) in [5.74, 6) is -1.82. The van der Waals surface area contributed by atoms with Gasteiger partial charge in [-0.05, 0) is 24.3 Å². The molecule has 0 unspecified atom stereocenters. The molecule has 20 heavy (non-hydrogen) atoms. The summed E-state index contributed by atoms with van der Waals surface area (Å²) in [6.07, 6.45) is 1.43. The molecule has 0 aliphatic heterocycles. The summed E-state index contributed by atoms with van der Waals surface area (Å²) in [5.41, 5.74) is 0.809. The first-order chi connectivity index (χ1) is 9.65. The predicted molar refractivity (Wildman–Crippen MR) is 71.3 cm³/mol. The average Bonchev–Trinajstić information content (AvgIpc) is 2.43. The van der Waals surface area contributed by atoms with Crippen LogP contribution in [0.5, 0.6) is 0 Å². The summed E-state index contributed by atoms with van der Waals surface area (Å²) in [6, 6.07) is 9.35. The number of fused-ring (bicyclic) bond motifs is 1. The first-order valence-corrected chi connectivity index (χ1v) is 5.90. The van der Waals surface area contributed by atoms with Crippen molar-refractivity contribution >= 4 is 22.3 Å². The molecule has 0 aliphatic rings. The van der Waals surface area contributed by atoms with E-state index in [9.17, 15) is 13.2 Å². The Kier molecular flexibility index (Phi) is 3.02. The number of nitrogens with one attached hydrogen (secondary N) is 1. The summed E-state index contributed by atoms with van der Waals surface area (Å²) in [5, 5.41) is 3.35. The van der Waals surface area contributed by atoms with E-state index in [4.69, 9.17) is 0 Å². The number of halogens is 3. The van der Waals surface area contributed by atoms with Crippen LogP contribution in [0.3, 0.4) is 0 Å². The topological polar surface area (TPSA) is 24.9 Å². The summed E-state index contributed by atoms with van der Waals surface area (Å²) < 4.78 is 40.1. The SMILES string of the molecule is Fc1ccc(Nc2ccnc3c(F)cccc23)c(F)c1. The van der Waals surface area contributed by atoms with Gasteiger partial charge < -0.3 is 5.32 Å². The molecule has 2 aromatic carbocycles. The minimum absolute atomic E-state index is 0.114. The van der Waals surface area contributed by atoms with Crippen molar-refractivity contribution < 1.29 is 13.2 Å². The third kappa shape index (κ3) is 2.18. The van der Waals surface area contributed by atoms with E-state index in [2.05, 4.69) is 10.3 Å². The Labute approximate surface area is 112 Å². The molecule has 0 spiro atoms. The maximum absolute atomic E-state index is 13.6. The van der Waals surface area contributed by atoms with Gasteiger partial charge in [0, 0.05) is 23.3 Å². The Morgan fingerprint density at radius 3 is 2.50 bits per heavy atom. The largest absolute Gasteiger partial charge is 0.353 e. The molecule has 1 heterocycles. The third-order valence-electron chi connectivity index (χ3n) is 2.92. The van der Waals surface area contributed by atoms with Crippen molar-refractivity contribution in [3.05, 3.63) is 66.1 Å². The lowest BCUT2D eigenvalue weighted by molar-refractivity contribution is 0.586. The van der Waals surface area contributed by atoms with Crippen molar-refractivity contribution in [1.82, 2.24) is 4.98 Å². The van der Waals surface area contributed by atoms with Crippen molar-refractivity contribution in [2.45, 2.75) is 0 Å². The van der Waals surface area contributed by atoms with E-state index in [1.54, 1.807) is 18.2 Å². The molecule has 0 atom stereocenters. The second-order valence-corrected chi connectivity index (χ2v) is 4.24. The Hall–Kier alpha value is -2.56. The summed E-state index contributed by atoms with van der Waals surface area (Å²) >= 11 is 0. The van der Waals surface area contributed by atoms with Crippen LogP contribution in [0.15, 0.2) is 48.7 Å². The summed E-state index contributed by atoms with van der Waals surface area (Å²) in [4.78, 5) is 3.95. The van der Waals surface area contributed by atoms with Crippen molar-refractivity contribution in [2.24, 2.45) is 0 Å². The summed E-state index contributed by atoms with van der Waals surface area (Å²) in [7, 11) is 0. The number of anilines is 2. The molecule has 0 saturated heterocycles. The van der Waals surface area contributed by atoms with Crippen LogP contribution in [-0.4, -0.2) is 4.98 Å². The molecule has 2 nitrogen and oxygen atoms in total. The zero-order valence-electron chi connectivity index (χ0n) is 10.2. The molecule has 3 rings (SSSR count). The number of pyridine rings is 1. The van der Waals surface area contributed by atoms with Gasteiger partial charge in [0.2, 0.25) is 0 Å². The van der Waals surface area contributed by atoms with Crippen LogP contribution in [0.1, 0.15) is 0 Å². The van der Waals surface area contributed by atoms with Gasteiger partial charge in [0.1, 0.15) is 23.0 Å². The zero-order chi connectivity index (χ0) is 14.1. The maximum Gasteiger partial charge on any atom is 0.149 e. The average molecular weight is 274 g/mol. The molecule has 0 saturated carbocycles. The fraction of sp³-hybridized carbons (Fsp3) is 0. The lowest BCUT2D eigenvalue weighted by Gasteiger charge is -2.10. The van der Waals surface area contributed by atoms with Crippen LogP contribution < -0.4 is 5.32 Å². The van der Waals surface area contributed by atoms with Gasteiger partial charge in [-0.3, -0.25) is 4.98 Å². The highest BCUT2D eigenvalue weighted by atomic mass is 19.1. The van der Waals surface area contributed by atoms with E-state index in [-0.39, 0.29) is 11.2 Å². The van der Waals surface area contributed by atoms with Gasteiger partial charge in [0.15, 0.2) is 0 Å². The van der Waals surface area contributed by atoms with Crippen molar-refractivity contribution in [3.8, 4) is 0 Å². The van der Waals surface area contributed by atoms with E-state index in [1.165, 1.54) is 18.3 Å². The number of nitrogens with zero attached hydrogens (tertiary/aromatic N) is 1. The zero-order valence-corrected chi connectivity index (χ0v) is 10.2. The van der Waals surface area contributed by atoms with Gasteiger partial charge in [-0.1, -0.05) is 12.1 Å². The molecule has 0 fully saturated rings. The molecule has 0 amide bonds. The molecule has 1 aromatic heterocycles. The number of para-hydroxylation sites is 1. The lowest BCUT2D eigenvalue weighted by atomic mass is 10.1. The molecular weight excluding hydrogens is 265 g/mol. The third-order valence-corrected chi connectivity index (χ3v) is 2.92. The van der Waals surface area contributed by atoms with Gasteiger partial charge in [-0.25, -0.2) is 13.2 Å². The highest BCUT2D eigenvalue weighted by Crippen LogP contribution is 2.27. The van der Waals surface area contributed by atoms with Gasteiger partial charge >= 0.3 is 0 Å². The van der Waals surface area contributed by atoms with Gasteiger partial charge in [-0.15, -0.1) is 0 Å². The Morgan fingerprint density at radius 2 is 1.70 bits per heavy atom. The van der Waals surface area contributed by atoms with Crippen LogP contribution >= 0.6 is 0 Å². The lowest BCUT2D eigenvalue weighted by Crippen LogP contribution is -1.96. The standard InChI is InChI=1S/C15H9F3N2/c16-9-4-5-14(12(18)8-9)20-13-6-7-19-15-10(13)2-1-3-11(15)17/h1-8H,(H,19,20). The van der Waals surface area contributed by atoms with Crippen LogP contribution in [0.2, 0.25) is 0 Å². The molecule has 0 radical (unpaired) electrons. The van der Waals surface area contributed by atoms with Gasteiger partial charge in [-0.2, -0.15) is 0 Å². The van der Waals surface area contributed by atoms with Crippen molar-refractivity contribution in [2.75, 3.05) is 5.32 Å². The number of hydrogen-bond acceptors (Lipinski definition) is 2. The second kappa shape index (κ2) is 4.85. The minimum Gasteiger partial charge on any atom is -0.353 e. The second-order valence-electron chi connectivity index (χ2n) is 4.24. The quantitative estimate of drug-likeness (QED) is 0.749. The fourth-order valence-corrected chi connectivity index (χ4v) is 1.98. The molecule has 0 bridgehead atoms. The molecule has 3 aromatic rings. The minimum atomic E-state index is -0.716. The first-order valence-electron chi connectivity index (χ1n) is 5.90. The van der Waals surface area contributed by atoms with Crippen molar-refractivity contribution in [3.63, 3.8) is 0 Å². The molecule has 1 N–H and O–H groups in total. The number of benzene rings is 2. The van der Waals surface area contributed by atoms with Gasteiger partial charge in [0.25, 0.3) is 0 Å². The highest BCUT2D eigenvalue weighted by Gasteiger charge is 2.08. The van der Waals surface area contributed by atoms with Crippen LogP contribution in [0, 0.1) is 17.5 Å². The fourth-order valence-electron chi connectivity index (χ4n) is 1.98. The summed E-state index contributed by atoms with van der Waals surface area (Å²) in [6.45, 7) is 0. The first kappa shape index (κ1) is 12.5. The smallest absolute Gasteiger partial charge is 0.149 e. The molecule has 0 aliphatic carbocycles. The number of rotatable bonds is 2. The van der Waals surface area contributed by atoms with E-state index in [0.717, 1.165) is 12.1 Å².